The fraction of sp³-hybridized carbons (Fsp3) is 1.00. The van der Waals surface area contributed by atoms with Crippen molar-refractivity contribution in [1.29, 1.82) is 0 Å². The second-order valence-corrected chi connectivity index (χ2v) is 6.29. The third-order valence-electron chi connectivity index (χ3n) is 4.17. The number of rotatable bonds is 5. The van der Waals surface area contributed by atoms with Crippen LogP contribution in [-0.2, 0) is 0 Å². The summed E-state index contributed by atoms with van der Waals surface area (Å²) in [6.45, 7) is 12.2. The van der Waals surface area contributed by atoms with Gasteiger partial charge in [-0.25, -0.2) is 0 Å². The van der Waals surface area contributed by atoms with Crippen LogP contribution in [0.2, 0.25) is 0 Å². The third-order valence-corrected chi connectivity index (χ3v) is 4.17. The summed E-state index contributed by atoms with van der Waals surface area (Å²) >= 11 is 0. The van der Waals surface area contributed by atoms with Gasteiger partial charge in [-0.15, -0.1) is 0 Å². The minimum absolute atomic E-state index is 0.750. The largest absolute Gasteiger partial charge is 0.313 e. The summed E-state index contributed by atoms with van der Waals surface area (Å²) in [6, 6.07) is 0.750. The smallest absolute Gasteiger partial charge is 0.0107 e. The Kier molecular flexibility index (Phi) is 4.26. The second-order valence-electron chi connectivity index (χ2n) is 6.29. The van der Waals surface area contributed by atoms with Crippen LogP contribution in [0.3, 0.4) is 0 Å². The lowest BCUT2D eigenvalue weighted by Crippen LogP contribution is -2.43. The minimum atomic E-state index is 0.750. The molecule has 2 fully saturated rings. The average Bonchev–Trinajstić information content (AvgIpc) is 2.98. The maximum atomic E-state index is 3.68. The fourth-order valence-electron chi connectivity index (χ4n) is 3.19. The van der Waals surface area contributed by atoms with E-state index in [0.717, 1.165) is 23.8 Å². The van der Waals surface area contributed by atoms with E-state index in [9.17, 15) is 0 Å². The van der Waals surface area contributed by atoms with Crippen molar-refractivity contribution in [2.45, 2.75) is 46.1 Å². The molecule has 0 amide bonds. The van der Waals surface area contributed by atoms with Gasteiger partial charge in [0.15, 0.2) is 0 Å². The summed E-state index contributed by atoms with van der Waals surface area (Å²) < 4.78 is 0. The first-order valence-corrected chi connectivity index (χ1v) is 7.11. The van der Waals surface area contributed by atoms with E-state index in [-0.39, 0.29) is 0 Å². The van der Waals surface area contributed by atoms with Crippen LogP contribution in [0.1, 0.15) is 40.0 Å². The molecule has 16 heavy (non-hydrogen) atoms. The Labute approximate surface area is 101 Å². The zero-order valence-electron chi connectivity index (χ0n) is 11.2. The fourth-order valence-corrected chi connectivity index (χ4v) is 3.19. The molecule has 0 bridgehead atoms. The number of hydrogen-bond acceptors (Lipinski definition) is 2. The second kappa shape index (κ2) is 5.50. The van der Waals surface area contributed by atoms with Crippen LogP contribution >= 0.6 is 0 Å². The molecule has 2 aliphatic rings. The number of likely N-dealkylation sites (tertiary alicyclic amines) is 1. The Balaban J connectivity index is 1.61. The molecular weight excluding hydrogens is 196 g/mol. The van der Waals surface area contributed by atoms with Gasteiger partial charge in [-0.2, -0.15) is 0 Å². The number of hydrogen-bond donors (Lipinski definition) is 1. The van der Waals surface area contributed by atoms with Crippen molar-refractivity contribution in [2.75, 3.05) is 26.2 Å². The molecule has 2 rings (SSSR count). The van der Waals surface area contributed by atoms with Crippen LogP contribution in [0.15, 0.2) is 0 Å². The molecular formula is C14H28N2. The van der Waals surface area contributed by atoms with Crippen molar-refractivity contribution in [3.8, 4) is 0 Å². The van der Waals surface area contributed by atoms with Crippen molar-refractivity contribution in [1.82, 2.24) is 10.2 Å². The Hall–Kier alpha value is -0.0800. The summed E-state index contributed by atoms with van der Waals surface area (Å²) in [6.07, 6.45) is 4.32. The van der Waals surface area contributed by atoms with E-state index >= 15 is 0 Å². The van der Waals surface area contributed by atoms with Crippen molar-refractivity contribution in [3.05, 3.63) is 0 Å². The quantitative estimate of drug-likeness (QED) is 0.771. The highest BCUT2D eigenvalue weighted by Crippen LogP contribution is 2.32. The monoisotopic (exact) mass is 224 g/mol. The van der Waals surface area contributed by atoms with Gasteiger partial charge >= 0.3 is 0 Å². The van der Waals surface area contributed by atoms with E-state index in [4.69, 9.17) is 0 Å². The molecule has 2 heteroatoms. The third kappa shape index (κ3) is 3.74. The van der Waals surface area contributed by atoms with Crippen LogP contribution < -0.4 is 5.32 Å². The zero-order valence-corrected chi connectivity index (χ0v) is 11.2. The Morgan fingerprint density at radius 1 is 1.19 bits per heavy atom. The lowest BCUT2D eigenvalue weighted by Gasteiger charge is -2.35. The molecule has 1 aliphatic carbocycles. The van der Waals surface area contributed by atoms with E-state index in [1.54, 1.807) is 0 Å². The first kappa shape index (κ1) is 12.4. The summed E-state index contributed by atoms with van der Waals surface area (Å²) in [5.41, 5.74) is 0. The van der Waals surface area contributed by atoms with Gasteiger partial charge in [0.1, 0.15) is 0 Å². The molecule has 3 atom stereocenters. The van der Waals surface area contributed by atoms with Gasteiger partial charge in [-0.3, -0.25) is 0 Å². The molecule has 94 valence electrons. The predicted octanol–water partition coefficient (Wildman–Crippen LogP) is 2.35. The van der Waals surface area contributed by atoms with Crippen molar-refractivity contribution >= 4 is 0 Å². The van der Waals surface area contributed by atoms with Gasteiger partial charge in [0.25, 0.3) is 0 Å². The van der Waals surface area contributed by atoms with Gasteiger partial charge in [0, 0.05) is 32.2 Å². The molecule has 1 saturated heterocycles. The number of piperidine rings is 1. The maximum Gasteiger partial charge on any atom is 0.0107 e. The van der Waals surface area contributed by atoms with Crippen molar-refractivity contribution < 1.29 is 0 Å². The number of nitrogens with one attached hydrogen (secondary N) is 1. The van der Waals surface area contributed by atoms with Crippen molar-refractivity contribution in [2.24, 2.45) is 17.8 Å². The van der Waals surface area contributed by atoms with Gasteiger partial charge in [-0.05, 0) is 43.9 Å². The molecule has 1 heterocycles. The van der Waals surface area contributed by atoms with Crippen LogP contribution in [-0.4, -0.2) is 37.1 Å². The number of nitrogens with zero attached hydrogens (tertiary/aromatic N) is 1. The molecule has 0 radical (unpaired) electrons. The predicted molar refractivity (Wildman–Crippen MR) is 69.6 cm³/mol. The van der Waals surface area contributed by atoms with Crippen molar-refractivity contribution in [3.63, 3.8) is 0 Å². The highest BCUT2D eigenvalue weighted by Gasteiger charge is 2.27. The highest BCUT2D eigenvalue weighted by molar-refractivity contribution is 4.83. The molecule has 1 N–H and O–H groups in total. The summed E-state index contributed by atoms with van der Waals surface area (Å²) in [5.74, 6) is 2.77. The van der Waals surface area contributed by atoms with E-state index in [0.29, 0.717) is 0 Å². The van der Waals surface area contributed by atoms with E-state index in [1.165, 1.54) is 45.4 Å². The molecule has 1 saturated carbocycles. The van der Waals surface area contributed by atoms with Crippen LogP contribution in [0.25, 0.3) is 0 Å². The molecule has 0 aromatic rings. The summed E-state index contributed by atoms with van der Waals surface area (Å²) in [5, 5.41) is 3.68. The molecule has 1 aliphatic heterocycles. The van der Waals surface area contributed by atoms with E-state index < -0.39 is 0 Å². The van der Waals surface area contributed by atoms with E-state index in [2.05, 4.69) is 31.0 Å². The first-order chi connectivity index (χ1) is 7.65. The first-order valence-electron chi connectivity index (χ1n) is 7.11. The van der Waals surface area contributed by atoms with Crippen LogP contribution in [0, 0.1) is 17.8 Å². The standard InChI is InChI=1S/C14H28N2/c1-11-8-12(2)10-16(9-11)7-6-15-13(3)14-4-5-14/h11-15H,4-10H2,1-3H3. The van der Waals surface area contributed by atoms with E-state index in [1.807, 2.05) is 0 Å². The summed E-state index contributed by atoms with van der Waals surface area (Å²) in [4.78, 5) is 2.64. The molecule has 0 spiro atoms. The molecule has 0 aromatic heterocycles. The zero-order chi connectivity index (χ0) is 11.5. The van der Waals surface area contributed by atoms with Crippen LogP contribution in [0.4, 0.5) is 0 Å². The Morgan fingerprint density at radius 3 is 2.38 bits per heavy atom. The SMILES string of the molecule is CC1CC(C)CN(CCNC(C)C2CC2)C1. The lowest BCUT2D eigenvalue weighted by molar-refractivity contribution is 0.140. The van der Waals surface area contributed by atoms with Gasteiger partial charge in [-0.1, -0.05) is 13.8 Å². The molecule has 2 nitrogen and oxygen atoms in total. The average molecular weight is 224 g/mol. The van der Waals surface area contributed by atoms with Gasteiger partial charge < -0.3 is 10.2 Å². The Bertz CT molecular complexity index is 203. The molecule has 0 aromatic carbocycles. The molecule has 3 unspecified atom stereocenters. The topological polar surface area (TPSA) is 15.3 Å². The maximum absolute atomic E-state index is 3.68. The normalized spacial score (nSPS) is 33.9. The van der Waals surface area contributed by atoms with Gasteiger partial charge in [0.05, 0.1) is 0 Å². The Morgan fingerprint density at radius 2 is 1.81 bits per heavy atom. The van der Waals surface area contributed by atoms with Crippen LogP contribution in [0.5, 0.6) is 0 Å². The highest BCUT2D eigenvalue weighted by atomic mass is 15.2. The van der Waals surface area contributed by atoms with Gasteiger partial charge in [0.2, 0.25) is 0 Å². The minimum Gasteiger partial charge on any atom is -0.313 e. The summed E-state index contributed by atoms with van der Waals surface area (Å²) in [7, 11) is 0. The lowest BCUT2D eigenvalue weighted by atomic mass is 9.92.